The zero-order valence-corrected chi connectivity index (χ0v) is 20.8. The van der Waals surface area contributed by atoms with Crippen molar-refractivity contribution in [2.45, 2.75) is 62.0 Å². The number of ether oxygens (including phenoxy) is 5. The first kappa shape index (κ1) is 28.2. The van der Waals surface area contributed by atoms with Crippen LogP contribution >= 0.6 is 0 Å². The molecule has 38 heavy (non-hydrogen) atoms. The molecule has 1 aromatic carbocycles. The Morgan fingerprint density at radius 2 is 1.84 bits per heavy atom. The first-order chi connectivity index (χ1) is 18.1. The maximum atomic E-state index is 12.6. The average Bonchev–Trinajstić information content (AvgIpc) is 3.18. The lowest BCUT2D eigenvalue weighted by molar-refractivity contribution is -0.346. The number of rotatable bonds is 8. The molecule has 0 amide bonds. The van der Waals surface area contributed by atoms with Gasteiger partial charge in [0, 0.05) is 18.4 Å². The summed E-state index contributed by atoms with van der Waals surface area (Å²) >= 11 is 0. The molecule has 0 radical (unpaired) electrons. The fourth-order valence-corrected chi connectivity index (χ4v) is 5.18. The summed E-state index contributed by atoms with van der Waals surface area (Å²) in [5, 5.41) is 51.4. The number of esters is 1. The molecule has 1 aliphatic carbocycles. The zero-order valence-electron chi connectivity index (χ0n) is 20.8. The van der Waals surface area contributed by atoms with Crippen molar-refractivity contribution in [2.24, 2.45) is 11.8 Å². The van der Waals surface area contributed by atoms with Crippen LogP contribution in [0.25, 0.3) is 6.08 Å². The van der Waals surface area contributed by atoms with Crippen molar-refractivity contribution in [1.29, 1.82) is 0 Å². The molecule has 1 aromatic rings. The van der Waals surface area contributed by atoms with Crippen molar-refractivity contribution in [3.63, 3.8) is 0 Å². The van der Waals surface area contributed by atoms with Crippen molar-refractivity contribution >= 4 is 18.3 Å². The SMILES string of the molecule is COc1ccc(/C=C/C(=O)O[C@H]2C[C@]3(O)C(C=O)=CO[C@@H](O[C@@H]4O[C@H](CO)[C@@H](O)[C@H](O)[C@H]4O)[C@@H]3[C@H]2C)cc1. The van der Waals surface area contributed by atoms with Gasteiger partial charge in [0.2, 0.25) is 6.29 Å². The smallest absolute Gasteiger partial charge is 0.331 e. The standard InChI is InChI=1S/C26H32O12/c1-13-17(36-19(29)8-5-14-3-6-16(34-2)7-4-14)9-26(33)15(10-27)12-35-24(20(13)26)38-25-23(32)22(31)21(30)18(11-28)37-25/h3-8,10,12-13,17-18,20-25,28,30-33H,9,11H2,1-2H3/b8-5+/t13-,17-,18+,20-,21+,22-,23+,24-,25-,26-/m0/s1. The molecule has 0 bridgehead atoms. The number of hydrogen-bond donors (Lipinski definition) is 5. The third-order valence-corrected chi connectivity index (χ3v) is 7.38. The van der Waals surface area contributed by atoms with Crippen LogP contribution in [-0.4, -0.2) is 100 Å². The molecule has 4 rings (SSSR count). The highest BCUT2D eigenvalue weighted by Gasteiger charge is 2.61. The Labute approximate surface area is 218 Å². The molecule has 2 fully saturated rings. The van der Waals surface area contributed by atoms with Gasteiger partial charge in [-0.25, -0.2) is 4.79 Å². The predicted molar refractivity (Wildman–Crippen MR) is 128 cm³/mol. The van der Waals surface area contributed by atoms with Crippen LogP contribution in [0.3, 0.4) is 0 Å². The highest BCUT2D eigenvalue weighted by molar-refractivity contribution is 5.87. The maximum Gasteiger partial charge on any atom is 0.331 e. The third kappa shape index (κ3) is 5.34. The Balaban J connectivity index is 1.49. The quantitative estimate of drug-likeness (QED) is 0.160. The van der Waals surface area contributed by atoms with Crippen LogP contribution in [0.5, 0.6) is 5.75 Å². The number of carbonyl (C=O) groups excluding carboxylic acids is 2. The molecular formula is C26H32O12. The molecule has 0 spiro atoms. The fraction of sp³-hybridized carbons (Fsp3) is 0.538. The van der Waals surface area contributed by atoms with Crippen LogP contribution in [0.2, 0.25) is 0 Å². The molecular weight excluding hydrogens is 504 g/mol. The van der Waals surface area contributed by atoms with E-state index in [2.05, 4.69) is 0 Å². The minimum Gasteiger partial charge on any atom is -0.497 e. The van der Waals surface area contributed by atoms with Crippen molar-refractivity contribution in [1.82, 2.24) is 0 Å². The van der Waals surface area contributed by atoms with E-state index in [1.165, 1.54) is 6.08 Å². The molecule has 0 unspecified atom stereocenters. The van der Waals surface area contributed by atoms with E-state index in [1.54, 1.807) is 44.4 Å². The summed E-state index contributed by atoms with van der Waals surface area (Å²) in [4.78, 5) is 24.3. The lowest BCUT2D eigenvalue weighted by Gasteiger charge is -2.44. The van der Waals surface area contributed by atoms with Gasteiger partial charge in [-0.05, 0) is 23.8 Å². The van der Waals surface area contributed by atoms with Gasteiger partial charge in [-0.1, -0.05) is 19.1 Å². The molecule has 0 aromatic heterocycles. The summed E-state index contributed by atoms with van der Waals surface area (Å²) in [5.74, 6) is -1.52. The van der Waals surface area contributed by atoms with Gasteiger partial charge in [0.1, 0.15) is 41.9 Å². The van der Waals surface area contributed by atoms with Crippen molar-refractivity contribution in [3.8, 4) is 5.75 Å². The number of aldehydes is 1. The zero-order chi connectivity index (χ0) is 27.6. The number of methoxy groups -OCH3 is 1. The van der Waals surface area contributed by atoms with Crippen molar-refractivity contribution in [2.75, 3.05) is 13.7 Å². The lowest BCUT2D eigenvalue weighted by Crippen LogP contribution is -2.61. The van der Waals surface area contributed by atoms with E-state index in [9.17, 15) is 35.1 Å². The molecule has 1 saturated carbocycles. The first-order valence-corrected chi connectivity index (χ1v) is 12.1. The van der Waals surface area contributed by atoms with E-state index in [-0.39, 0.29) is 12.0 Å². The summed E-state index contributed by atoms with van der Waals surface area (Å²) in [7, 11) is 1.55. The Morgan fingerprint density at radius 3 is 2.47 bits per heavy atom. The summed E-state index contributed by atoms with van der Waals surface area (Å²) in [6.45, 7) is 1.03. The average molecular weight is 537 g/mol. The molecule has 3 aliphatic rings. The van der Waals surface area contributed by atoms with Crippen LogP contribution in [0, 0.1) is 11.8 Å². The summed E-state index contributed by atoms with van der Waals surface area (Å²) in [6.07, 6.45) is -5.68. The van der Waals surface area contributed by atoms with Crippen LogP contribution in [0.1, 0.15) is 18.9 Å². The molecule has 12 heteroatoms. The van der Waals surface area contributed by atoms with E-state index >= 15 is 0 Å². The minimum atomic E-state index is -1.79. The predicted octanol–water partition coefficient (Wildman–Crippen LogP) is -0.737. The number of hydrogen-bond acceptors (Lipinski definition) is 12. The number of benzene rings is 1. The number of aliphatic hydroxyl groups is 5. The van der Waals surface area contributed by atoms with Gasteiger partial charge in [-0.3, -0.25) is 4.79 Å². The third-order valence-electron chi connectivity index (χ3n) is 7.38. The number of carbonyl (C=O) groups is 2. The Bertz CT molecular complexity index is 1050. The molecule has 2 heterocycles. The van der Waals surface area contributed by atoms with Gasteiger partial charge in [-0.2, -0.15) is 0 Å². The maximum absolute atomic E-state index is 12.6. The highest BCUT2D eigenvalue weighted by Crippen LogP contribution is 2.50. The normalized spacial score (nSPS) is 38.7. The van der Waals surface area contributed by atoms with Gasteiger partial charge in [0.25, 0.3) is 0 Å². The van der Waals surface area contributed by atoms with Gasteiger partial charge >= 0.3 is 5.97 Å². The molecule has 2 aliphatic heterocycles. The van der Waals surface area contributed by atoms with Crippen molar-refractivity contribution < 1.29 is 58.8 Å². The number of aliphatic hydroxyl groups excluding tert-OH is 4. The van der Waals surface area contributed by atoms with Gasteiger partial charge in [-0.15, -0.1) is 0 Å². The Hall–Kier alpha value is -2.84. The molecule has 1 saturated heterocycles. The largest absolute Gasteiger partial charge is 0.497 e. The van der Waals surface area contributed by atoms with Crippen LogP contribution < -0.4 is 4.74 Å². The molecule has 5 N–H and O–H groups in total. The number of fused-ring (bicyclic) bond motifs is 1. The second-order valence-electron chi connectivity index (χ2n) is 9.62. The van der Waals surface area contributed by atoms with Crippen LogP contribution in [-0.2, 0) is 28.5 Å². The topological polar surface area (TPSA) is 181 Å². The lowest BCUT2D eigenvalue weighted by atomic mass is 9.79. The van der Waals surface area contributed by atoms with Gasteiger partial charge < -0.3 is 49.2 Å². The Morgan fingerprint density at radius 1 is 1.13 bits per heavy atom. The van der Waals surface area contributed by atoms with Crippen LogP contribution in [0.4, 0.5) is 0 Å². The molecule has 208 valence electrons. The van der Waals surface area contributed by atoms with E-state index in [0.717, 1.165) is 11.8 Å². The van der Waals surface area contributed by atoms with Gasteiger partial charge in [0.15, 0.2) is 12.6 Å². The monoisotopic (exact) mass is 536 g/mol. The summed E-state index contributed by atoms with van der Waals surface area (Å²) < 4.78 is 27.4. The summed E-state index contributed by atoms with van der Waals surface area (Å²) in [6, 6.07) is 7.01. The fourth-order valence-electron chi connectivity index (χ4n) is 5.18. The highest BCUT2D eigenvalue weighted by atomic mass is 16.8. The second-order valence-corrected chi connectivity index (χ2v) is 9.62. The molecule has 12 nitrogen and oxygen atoms in total. The molecule has 10 atom stereocenters. The summed E-state index contributed by atoms with van der Waals surface area (Å²) in [5.41, 5.74) is -1.12. The van der Waals surface area contributed by atoms with E-state index in [4.69, 9.17) is 23.7 Å². The first-order valence-electron chi connectivity index (χ1n) is 12.1. The minimum absolute atomic E-state index is 0.0738. The Kier molecular flexibility index (Phi) is 8.52. The van der Waals surface area contributed by atoms with Crippen molar-refractivity contribution in [3.05, 3.63) is 47.7 Å². The van der Waals surface area contributed by atoms with E-state index in [0.29, 0.717) is 12.0 Å². The van der Waals surface area contributed by atoms with Crippen LogP contribution in [0.15, 0.2) is 42.2 Å². The second kappa shape index (κ2) is 11.5. The van der Waals surface area contributed by atoms with Gasteiger partial charge in [0.05, 0.1) is 31.5 Å². The van der Waals surface area contributed by atoms with E-state index < -0.39 is 73.1 Å². The van der Waals surface area contributed by atoms with E-state index in [1.807, 2.05) is 0 Å².